The lowest BCUT2D eigenvalue weighted by Crippen LogP contribution is -2.13. The maximum Gasteiger partial charge on any atom is 0.255 e. The second-order valence-corrected chi connectivity index (χ2v) is 4.79. The van der Waals surface area contributed by atoms with Gasteiger partial charge in [0.2, 0.25) is 0 Å². The van der Waals surface area contributed by atoms with Gasteiger partial charge in [-0.15, -0.1) is 0 Å². The largest absolute Gasteiger partial charge is 0.319 e. The van der Waals surface area contributed by atoms with Crippen LogP contribution in [0.1, 0.15) is 10.4 Å². The van der Waals surface area contributed by atoms with E-state index in [0.29, 0.717) is 0 Å². The predicted molar refractivity (Wildman–Crippen MR) is 73.6 cm³/mol. The second kappa shape index (κ2) is 5.74. The number of carbonyl (C=O) groups is 1. The summed E-state index contributed by atoms with van der Waals surface area (Å²) >= 11 is 17.0. The minimum absolute atomic E-state index is 0.0125. The Morgan fingerprint density at radius 2 is 1.74 bits per heavy atom. The first-order chi connectivity index (χ1) is 8.95. The number of hydrogen-bond acceptors (Lipinski definition) is 2. The monoisotopic (exact) mass is 318 g/mol. The van der Waals surface area contributed by atoms with E-state index < -0.39 is 11.7 Å². The molecule has 19 heavy (non-hydrogen) atoms. The topological polar surface area (TPSA) is 42.0 Å². The molecule has 1 amide bonds. The van der Waals surface area contributed by atoms with Gasteiger partial charge >= 0.3 is 0 Å². The van der Waals surface area contributed by atoms with Gasteiger partial charge in [0.1, 0.15) is 16.1 Å². The van der Waals surface area contributed by atoms with E-state index in [4.69, 9.17) is 34.8 Å². The quantitative estimate of drug-likeness (QED) is 0.832. The van der Waals surface area contributed by atoms with Crippen LogP contribution in [0.5, 0.6) is 0 Å². The molecule has 0 aliphatic rings. The Kier molecular flexibility index (Phi) is 4.24. The van der Waals surface area contributed by atoms with E-state index in [1.807, 2.05) is 0 Å². The molecule has 0 unspecified atom stereocenters. The van der Waals surface area contributed by atoms with Crippen molar-refractivity contribution in [3.8, 4) is 0 Å². The summed E-state index contributed by atoms with van der Waals surface area (Å²) in [6.07, 6.45) is 0. The molecule has 1 heterocycles. The van der Waals surface area contributed by atoms with Crippen LogP contribution in [0.4, 0.5) is 10.1 Å². The van der Waals surface area contributed by atoms with Crippen molar-refractivity contribution in [3.05, 3.63) is 57.0 Å². The first-order valence-corrected chi connectivity index (χ1v) is 6.18. The zero-order valence-corrected chi connectivity index (χ0v) is 11.5. The SMILES string of the molecule is O=C(Nc1ccc(Cl)cc1F)c1cc(Cl)nc(Cl)c1. The van der Waals surface area contributed by atoms with E-state index >= 15 is 0 Å². The third-order valence-corrected chi connectivity index (χ3v) is 2.83. The summed E-state index contributed by atoms with van der Waals surface area (Å²) < 4.78 is 13.5. The van der Waals surface area contributed by atoms with E-state index in [-0.39, 0.29) is 26.6 Å². The number of pyridine rings is 1. The summed E-state index contributed by atoms with van der Waals surface area (Å²) in [6.45, 7) is 0. The van der Waals surface area contributed by atoms with Crippen LogP contribution >= 0.6 is 34.8 Å². The highest BCUT2D eigenvalue weighted by atomic mass is 35.5. The zero-order valence-electron chi connectivity index (χ0n) is 9.25. The van der Waals surface area contributed by atoms with Crippen LogP contribution in [0.15, 0.2) is 30.3 Å². The van der Waals surface area contributed by atoms with Gasteiger partial charge in [0.25, 0.3) is 5.91 Å². The summed E-state index contributed by atoms with van der Waals surface area (Å²) in [7, 11) is 0. The molecule has 0 atom stereocenters. The van der Waals surface area contributed by atoms with Crippen LogP contribution in [-0.4, -0.2) is 10.9 Å². The van der Waals surface area contributed by atoms with Crippen LogP contribution in [0.2, 0.25) is 15.3 Å². The average Bonchev–Trinajstić information content (AvgIpc) is 2.31. The summed E-state index contributed by atoms with van der Waals surface area (Å²) in [5.41, 5.74) is 0.192. The molecule has 0 saturated carbocycles. The van der Waals surface area contributed by atoms with Crippen LogP contribution in [0, 0.1) is 5.82 Å². The van der Waals surface area contributed by atoms with Gasteiger partial charge in [-0.05, 0) is 30.3 Å². The number of nitrogens with zero attached hydrogens (tertiary/aromatic N) is 1. The molecule has 0 aliphatic carbocycles. The number of benzene rings is 1. The molecule has 0 fully saturated rings. The first-order valence-electron chi connectivity index (χ1n) is 5.05. The van der Waals surface area contributed by atoms with E-state index in [1.54, 1.807) is 0 Å². The molecule has 0 bridgehead atoms. The molecule has 7 heteroatoms. The number of halogens is 4. The zero-order chi connectivity index (χ0) is 14.0. The summed E-state index contributed by atoms with van der Waals surface area (Å²) in [4.78, 5) is 15.6. The lowest BCUT2D eigenvalue weighted by atomic mass is 10.2. The maximum absolute atomic E-state index is 13.5. The van der Waals surface area contributed by atoms with Crippen molar-refractivity contribution in [2.45, 2.75) is 0 Å². The lowest BCUT2D eigenvalue weighted by Gasteiger charge is -2.07. The van der Waals surface area contributed by atoms with Crippen LogP contribution in [0.25, 0.3) is 0 Å². The van der Waals surface area contributed by atoms with Crippen molar-refractivity contribution in [2.75, 3.05) is 5.32 Å². The first kappa shape index (κ1) is 14.1. The summed E-state index contributed by atoms with van der Waals surface area (Å²) in [5.74, 6) is -1.18. The van der Waals surface area contributed by atoms with Crippen molar-refractivity contribution in [2.24, 2.45) is 0 Å². The second-order valence-electron chi connectivity index (χ2n) is 3.58. The van der Waals surface area contributed by atoms with Gasteiger partial charge in [0.15, 0.2) is 0 Å². The highest BCUT2D eigenvalue weighted by molar-refractivity contribution is 6.33. The van der Waals surface area contributed by atoms with Crippen LogP contribution in [0.3, 0.4) is 0 Å². The van der Waals surface area contributed by atoms with E-state index in [0.717, 1.165) is 6.07 Å². The summed E-state index contributed by atoms with van der Waals surface area (Å²) in [5, 5.41) is 2.79. The highest BCUT2D eigenvalue weighted by Crippen LogP contribution is 2.21. The molecule has 2 rings (SSSR count). The Morgan fingerprint density at radius 1 is 1.11 bits per heavy atom. The molecular weight excluding hydrogens is 314 g/mol. The fourth-order valence-corrected chi connectivity index (χ4v) is 2.00. The molecule has 2 aromatic rings. The number of anilines is 1. The van der Waals surface area contributed by atoms with Crippen molar-refractivity contribution < 1.29 is 9.18 Å². The third kappa shape index (κ3) is 3.56. The van der Waals surface area contributed by atoms with Gasteiger partial charge in [0, 0.05) is 10.6 Å². The van der Waals surface area contributed by atoms with Gasteiger partial charge in [-0.25, -0.2) is 9.37 Å². The molecule has 0 saturated heterocycles. The van der Waals surface area contributed by atoms with E-state index in [1.165, 1.54) is 24.3 Å². The van der Waals surface area contributed by atoms with Gasteiger partial charge < -0.3 is 5.32 Å². The van der Waals surface area contributed by atoms with Gasteiger partial charge in [0.05, 0.1) is 5.69 Å². The number of rotatable bonds is 2. The normalized spacial score (nSPS) is 10.3. The standard InChI is InChI=1S/C12H6Cl3FN2O/c13-7-1-2-9(8(16)5-7)17-12(19)6-3-10(14)18-11(15)4-6/h1-5H,(H,17,19). The average molecular weight is 320 g/mol. The molecule has 3 nitrogen and oxygen atoms in total. The lowest BCUT2D eigenvalue weighted by molar-refractivity contribution is 0.102. The van der Waals surface area contributed by atoms with Crippen molar-refractivity contribution in [1.29, 1.82) is 0 Å². The fourth-order valence-electron chi connectivity index (χ4n) is 1.38. The Bertz CT molecular complexity index is 629. The predicted octanol–water partition coefficient (Wildman–Crippen LogP) is 4.43. The van der Waals surface area contributed by atoms with Crippen molar-refractivity contribution in [1.82, 2.24) is 4.98 Å². The van der Waals surface area contributed by atoms with Gasteiger partial charge in [-0.3, -0.25) is 4.79 Å². The fraction of sp³-hybridized carbons (Fsp3) is 0. The molecule has 0 aliphatic heterocycles. The number of nitrogens with one attached hydrogen (secondary N) is 1. The maximum atomic E-state index is 13.5. The Balaban J connectivity index is 2.25. The molecule has 1 aromatic heterocycles. The molecule has 98 valence electrons. The van der Waals surface area contributed by atoms with Gasteiger partial charge in [-0.1, -0.05) is 34.8 Å². The number of aromatic nitrogens is 1. The van der Waals surface area contributed by atoms with E-state index in [9.17, 15) is 9.18 Å². The van der Waals surface area contributed by atoms with E-state index in [2.05, 4.69) is 10.3 Å². The van der Waals surface area contributed by atoms with Gasteiger partial charge in [-0.2, -0.15) is 0 Å². The minimum atomic E-state index is -0.632. The molecule has 0 spiro atoms. The number of carbonyl (C=O) groups excluding carboxylic acids is 1. The molecule has 0 radical (unpaired) electrons. The number of hydrogen-bond donors (Lipinski definition) is 1. The smallest absolute Gasteiger partial charge is 0.255 e. The van der Waals surface area contributed by atoms with Crippen molar-refractivity contribution in [3.63, 3.8) is 0 Å². The van der Waals surface area contributed by atoms with Crippen LogP contribution < -0.4 is 5.32 Å². The highest BCUT2D eigenvalue weighted by Gasteiger charge is 2.11. The molecule has 1 N–H and O–H groups in total. The van der Waals surface area contributed by atoms with Crippen molar-refractivity contribution >= 4 is 46.4 Å². The van der Waals surface area contributed by atoms with Crippen LogP contribution in [-0.2, 0) is 0 Å². The Hall–Kier alpha value is -1.36. The third-order valence-electron chi connectivity index (χ3n) is 2.20. The molecular formula is C12H6Cl3FN2O. The molecule has 1 aromatic carbocycles. The summed E-state index contributed by atoms with van der Waals surface area (Å²) in [6, 6.07) is 6.59. The Morgan fingerprint density at radius 3 is 2.32 bits per heavy atom. The Labute approximate surface area is 123 Å². The minimum Gasteiger partial charge on any atom is -0.319 e. The number of amides is 1.